The summed E-state index contributed by atoms with van der Waals surface area (Å²) in [4.78, 5) is 20.6. The number of non-ortho nitro benzene ring substituents is 1. The van der Waals surface area contributed by atoms with Crippen molar-refractivity contribution in [2.45, 2.75) is 18.9 Å². The number of nitro groups is 1. The third-order valence-electron chi connectivity index (χ3n) is 2.45. The Morgan fingerprint density at radius 3 is 2.31 bits per heavy atom. The van der Waals surface area contributed by atoms with E-state index < -0.39 is 22.9 Å². The first-order valence-corrected chi connectivity index (χ1v) is 4.66. The van der Waals surface area contributed by atoms with Crippen molar-refractivity contribution < 1.29 is 14.8 Å². The number of carboxylic acid groups (broad SMARTS) is 1. The molecule has 0 aromatic heterocycles. The molecule has 0 heterocycles. The molecule has 16 heavy (non-hydrogen) atoms. The zero-order valence-corrected chi connectivity index (χ0v) is 8.66. The van der Waals surface area contributed by atoms with Gasteiger partial charge in [-0.3, -0.25) is 14.9 Å². The van der Waals surface area contributed by atoms with Crippen molar-refractivity contribution in [1.29, 1.82) is 0 Å². The van der Waals surface area contributed by atoms with Crippen molar-refractivity contribution >= 4 is 11.7 Å². The smallest absolute Gasteiger partial charge is 0.321 e. The van der Waals surface area contributed by atoms with Crippen LogP contribution in [0.1, 0.15) is 18.4 Å². The van der Waals surface area contributed by atoms with Crippen molar-refractivity contribution in [3.63, 3.8) is 0 Å². The van der Waals surface area contributed by atoms with E-state index in [2.05, 4.69) is 0 Å². The molecule has 0 radical (unpaired) electrons. The van der Waals surface area contributed by atoms with E-state index in [1.54, 1.807) is 6.92 Å². The van der Waals surface area contributed by atoms with Crippen LogP contribution in [0.5, 0.6) is 0 Å². The molecule has 1 rings (SSSR count). The molecular weight excluding hydrogens is 212 g/mol. The molecule has 1 aromatic rings. The van der Waals surface area contributed by atoms with Crippen LogP contribution < -0.4 is 5.73 Å². The lowest BCUT2D eigenvalue weighted by Gasteiger charge is -2.15. The molecular formula is C10H12N2O4. The van der Waals surface area contributed by atoms with E-state index in [1.807, 2.05) is 0 Å². The average molecular weight is 224 g/mol. The molecule has 0 aliphatic heterocycles. The van der Waals surface area contributed by atoms with Gasteiger partial charge in [-0.2, -0.15) is 0 Å². The van der Waals surface area contributed by atoms with Crippen molar-refractivity contribution in [3.8, 4) is 0 Å². The largest absolute Gasteiger partial charge is 0.480 e. The highest BCUT2D eigenvalue weighted by atomic mass is 16.6. The molecule has 0 saturated carbocycles. The summed E-state index contributed by atoms with van der Waals surface area (Å²) in [6.45, 7) is 1.67. The predicted octanol–water partition coefficient (Wildman–Crippen LogP) is 1.11. The van der Waals surface area contributed by atoms with Crippen LogP contribution in [0.2, 0.25) is 0 Å². The number of hydrogen-bond donors (Lipinski definition) is 2. The molecule has 86 valence electrons. The normalized spacial score (nSPS) is 14.1. The summed E-state index contributed by atoms with van der Waals surface area (Å²) in [6.07, 6.45) is 0. The second-order valence-corrected chi connectivity index (χ2v) is 3.50. The minimum Gasteiger partial charge on any atom is -0.480 e. The van der Waals surface area contributed by atoms with Crippen LogP contribution in [-0.2, 0) is 4.79 Å². The van der Waals surface area contributed by atoms with E-state index in [-0.39, 0.29) is 5.69 Å². The SMILES string of the molecule is C[C@@H](c1ccc([N+](=O)[O-])cc1)[C@H](N)C(=O)O. The van der Waals surface area contributed by atoms with Gasteiger partial charge in [0.25, 0.3) is 5.69 Å². The number of carbonyl (C=O) groups is 1. The maximum Gasteiger partial charge on any atom is 0.321 e. The number of hydrogen-bond acceptors (Lipinski definition) is 4. The molecule has 3 N–H and O–H groups in total. The summed E-state index contributed by atoms with van der Waals surface area (Å²) in [5, 5.41) is 19.1. The third kappa shape index (κ3) is 2.54. The van der Waals surface area contributed by atoms with Crippen molar-refractivity contribution in [2.24, 2.45) is 5.73 Å². The van der Waals surface area contributed by atoms with Gasteiger partial charge in [-0.1, -0.05) is 19.1 Å². The number of nitro benzene ring substituents is 1. The second kappa shape index (κ2) is 4.71. The fraction of sp³-hybridized carbons (Fsp3) is 0.300. The summed E-state index contributed by atoms with van der Waals surface area (Å²) in [6, 6.07) is 4.69. The highest BCUT2D eigenvalue weighted by molar-refractivity contribution is 5.74. The van der Waals surface area contributed by atoms with Crippen LogP contribution in [0.15, 0.2) is 24.3 Å². The van der Waals surface area contributed by atoms with E-state index in [1.165, 1.54) is 24.3 Å². The maximum absolute atomic E-state index is 10.7. The zero-order chi connectivity index (χ0) is 12.3. The van der Waals surface area contributed by atoms with Crippen LogP contribution in [0.25, 0.3) is 0 Å². The van der Waals surface area contributed by atoms with Gasteiger partial charge in [-0.15, -0.1) is 0 Å². The molecule has 0 bridgehead atoms. The van der Waals surface area contributed by atoms with Gasteiger partial charge in [0.05, 0.1) is 4.92 Å². The molecule has 6 heteroatoms. The average Bonchev–Trinajstić information content (AvgIpc) is 2.27. The van der Waals surface area contributed by atoms with E-state index in [9.17, 15) is 14.9 Å². The molecule has 0 spiro atoms. The first-order chi connectivity index (χ1) is 7.43. The summed E-state index contributed by atoms with van der Waals surface area (Å²) in [5.41, 5.74) is 6.10. The maximum atomic E-state index is 10.7. The predicted molar refractivity (Wildman–Crippen MR) is 57.1 cm³/mol. The van der Waals surface area contributed by atoms with Gasteiger partial charge < -0.3 is 10.8 Å². The van der Waals surface area contributed by atoms with Gasteiger partial charge in [-0.25, -0.2) is 0 Å². The van der Waals surface area contributed by atoms with Crippen molar-refractivity contribution in [3.05, 3.63) is 39.9 Å². The number of rotatable bonds is 4. The van der Waals surface area contributed by atoms with E-state index >= 15 is 0 Å². The van der Waals surface area contributed by atoms with Crippen LogP contribution in [-0.4, -0.2) is 22.0 Å². The van der Waals surface area contributed by atoms with Gasteiger partial charge >= 0.3 is 5.97 Å². The third-order valence-corrected chi connectivity index (χ3v) is 2.45. The molecule has 6 nitrogen and oxygen atoms in total. The van der Waals surface area contributed by atoms with E-state index in [4.69, 9.17) is 10.8 Å². The van der Waals surface area contributed by atoms with Crippen LogP contribution >= 0.6 is 0 Å². The lowest BCUT2D eigenvalue weighted by Crippen LogP contribution is -2.35. The number of aliphatic carboxylic acids is 1. The van der Waals surface area contributed by atoms with E-state index in [0.29, 0.717) is 5.56 Å². The Morgan fingerprint density at radius 1 is 1.44 bits per heavy atom. The quantitative estimate of drug-likeness (QED) is 0.588. The first-order valence-electron chi connectivity index (χ1n) is 4.66. The van der Waals surface area contributed by atoms with Crippen LogP contribution in [0, 0.1) is 10.1 Å². The Balaban J connectivity index is 2.89. The summed E-state index contributed by atoms with van der Waals surface area (Å²) >= 11 is 0. The highest BCUT2D eigenvalue weighted by Crippen LogP contribution is 2.21. The molecule has 0 aliphatic rings. The molecule has 2 atom stereocenters. The lowest BCUT2D eigenvalue weighted by molar-refractivity contribution is -0.384. The topological polar surface area (TPSA) is 106 Å². The Morgan fingerprint density at radius 2 is 1.94 bits per heavy atom. The number of nitrogens with zero attached hydrogens (tertiary/aromatic N) is 1. The van der Waals surface area contributed by atoms with Gasteiger partial charge in [0.2, 0.25) is 0 Å². The molecule has 0 aliphatic carbocycles. The lowest BCUT2D eigenvalue weighted by atomic mass is 9.94. The molecule has 0 fully saturated rings. The molecule has 1 aromatic carbocycles. The van der Waals surface area contributed by atoms with Gasteiger partial charge in [0, 0.05) is 18.1 Å². The van der Waals surface area contributed by atoms with Crippen molar-refractivity contribution in [2.75, 3.05) is 0 Å². The van der Waals surface area contributed by atoms with Gasteiger partial charge in [-0.05, 0) is 5.56 Å². The Bertz CT molecular complexity index is 402. The molecule has 0 saturated heterocycles. The Hall–Kier alpha value is -1.95. The fourth-order valence-corrected chi connectivity index (χ4v) is 1.32. The van der Waals surface area contributed by atoms with Gasteiger partial charge in [0.15, 0.2) is 0 Å². The summed E-state index contributed by atoms with van der Waals surface area (Å²) < 4.78 is 0. The highest BCUT2D eigenvalue weighted by Gasteiger charge is 2.21. The number of nitrogens with two attached hydrogens (primary N) is 1. The molecule has 0 unspecified atom stereocenters. The minimum absolute atomic E-state index is 0.0279. The number of carboxylic acids is 1. The summed E-state index contributed by atoms with van der Waals surface area (Å²) in [7, 11) is 0. The molecule has 0 amide bonds. The Labute approximate surface area is 91.8 Å². The standard InChI is InChI=1S/C10H12N2O4/c1-6(9(11)10(13)14)7-2-4-8(5-3-7)12(15)16/h2-6,9H,11H2,1H3,(H,13,14)/t6-,9-/m0/s1. The van der Waals surface area contributed by atoms with Crippen LogP contribution in [0.4, 0.5) is 5.69 Å². The fourth-order valence-electron chi connectivity index (χ4n) is 1.32. The number of benzene rings is 1. The minimum atomic E-state index is -1.09. The first kappa shape index (κ1) is 12.1. The van der Waals surface area contributed by atoms with Crippen molar-refractivity contribution in [1.82, 2.24) is 0 Å². The van der Waals surface area contributed by atoms with Crippen LogP contribution in [0.3, 0.4) is 0 Å². The summed E-state index contributed by atoms with van der Waals surface area (Å²) in [5.74, 6) is -1.48. The Kier molecular flexibility index (Phi) is 3.57. The second-order valence-electron chi connectivity index (χ2n) is 3.50. The van der Waals surface area contributed by atoms with Gasteiger partial charge in [0.1, 0.15) is 6.04 Å². The zero-order valence-electron chi connectivity index (χ0n) is 8.66. The monoisotopic (exact) mass is 224 g/mol. The van der Waals surface area contributed by atoms with E-state index in [0.717, 1.165) is 0 Å².